The van der Waals surface area contributed by atoms with Crippen LogP contribution in [0.4, 0.5) is 4.39 Å². The van der Waals surface area contributed by atoms with Gasteiger partial charge in [0.15, 0.2) is 0 Å². The summed E-state index contributed by atoms with van der Waals surface area (Å²) in [4.78, 5) is 0. The van der Waals surface area contributed by atoms with Crippen LogP contribution in [-0.4, -0.2) is 17.3 Å². The molecule has 0 saturated heterocycles. The summed E-state index contributed by atoms with van der Waals surface area (Å²) in [6.07, 6.45) is 3.61. The minimum atomic E-state index is -0.172. The van der Waals surface area contributed by atoms with Gasteiger partial charge in [0, 0.05) is 12.6 Å². The molecule has 1 aliphatic rings. The first-order valence-electron chi connectivity index (χ1n) is 7.06. The van der Waals surface area contributed by atoms with Crippen LogP contribution in [0.25, 0.3) is 0 Å². The summed E-state index contributed by atoms with van der Waals surface area (Å²) < 4.78 is 13.5. The Morgan fingerprint density at radius 1 is 1.21 bits per heavy atom. The fourth-order valence-electron chi connectivity index (χ4n) is 2.58. The van der Waals surface area contributed by atoms with Gasteiger partial charge in [-0.25, -0.2) is 4.39 Å². The van der Waals surface area contributed by atoms with Crippen molar-refractivity contribution in [2.75, 3.05) is 0 Å². The van der Waals surface area contributed by atoms with Crippen molar-refractivity contribution in [1.82, 2.24) is 5.32 Å². The highest BCUT2D eigenvalue weighted by molar-refractivity contribution is 5.33. The van der Waals surface area contributed by atoms with Crippen molar-refractivity contribution in [3.63, 3.8) is 0 Å². The van der Waals surface area contributed by atoms with Crippen LogP contribution in [0.3, 0.4) is 0 Å². The number of halogens is 1. The van der Waals surface area contributed by atoms with E-state index in [1.54, 1.807) is 12.1 Å². The highest BCUT2D eigenvalue weighted by Gasteiger charge is 2.18. The zero-order chi connectivity index (χ0) is 13.8. The maximum Gasteiger partial charge on any atom is 0.123 e. The SMILES string of the molecule is C[C](C)c1cc(F)cc(CNC2CCC(O)CC2)c1. The Morgan fingerprint density at radius 3 is 2.53 bits per heavy atom. The molecule has 0 spiro atoms. The number of aliphatic hydroxyl groups is 1. The summed E-state index contributed by atoms with van der Waals surface area (Å²) in [5.41, 5.74) is 1.96. The predicted octanol–water partition coefficient (Wildman–Crippen LogP) is 3.18. The molecule has 105 valence electrons. The summed E-state index contributed by atoms with van der Waals surface area (Å²) in [5.74, 6) is 0.955. The van der Waals surface area contributed by atoms with Crippen molar-refractivity contribution in [3.05, 3.63) is 41.1 Å². The van der Waals surface area contributed by atoms with Gasteiger partial charge in [-0.1, -0.05) is 19.9 Å². The van der Waals surface area contributed by atoms with Crippen molar-refractivity contribution in [2.45, 2.75) is 58.2 Å². The minimum absolute atomic E-state index is 0.129. The normalized spacial score (nSPS) is 23.8. The maximum absolute atomic E-state index is 13.5. The molecule has 1 saturated carbocycles. The minimum Gasteiger partial charge on any atom is -0.393 e. The van der Waals surface area contributed by atoms with Crippen LogP contribution in [0.15, 0.2) is 18.2 Å². The molecule has 0 aromatic heterocycles. The summed E-state index contributed by atoms with van der Waals surface area (Å²) in [6, 6.07) is 5.66. The van der Waals surface area contributed by atoms with E-state index in [4.69, 9.17) is 0 Å². The smallest absolute Gasteiger partial charge is 0.123 e. The molecule has 1 radical (unpaired) electrons. The second kappa shape index (κ2) is 6.49. The van der Waals surface area contributed by atoms with Gasteiger partial charge in [-0.3, -0.25) is 0 Å². The number of hydrogen-bond donors (Lipinski definition) is 2. The van der Waals surface area contributed by atoms with Crippen molar-refractivity contribution in [1.29, 1.82) is 0 Å². The van der Waals surface area contributed by atoms with Crippen LogP contribution < -0.4 is 5.32 Å². The van der Waals surface area contributed by atoms with E-state index < -0.39 is 0 Å². The highest BCUT2D eigenvalue weighted by atomic mass is 19.1. The van der Waals surface area contributed by atoms with E-state index in [1.165, 1.54) is 0 Å². The first-order chi connectivity index (χ1) is 9.04. The zero-order valence-electron chi connectivity index (χ0n) is 11.7. The molecule has 2 nitrogen and oxygen atoms in total. The van der Waals surface area contributed by atoms with E-state index >= 15 is 0 Å². The fraction of sp³-hybridized carbons (Fsp3) is 0.562. The zero-order valence-corrected chi connectivity index (χ0v) is 11.7. The molecule has 0 amide bonds. The molecule has 19 heavy (non-hydrogen) atoms. The van der Waals surface area contributed by atoms with E-state index in [-0.39, 0.29) is 11.9 Å². The van der Waals surface area contributed by atoms with Crippen LogP contribution in [0.5, 0.6) is 0 Å². The Balaban J connectivity index is 1.92. The van der Waals surface area contributed by atoms with Crippen molar-refractivity contribution in [3.8, 4) is 0 Å². The molecule has 2 N–H and O–H groups in total. The quantitative estimate of drug-likeness (QED) is 0.875. The van der Waals surface area contributed by atoms with Gasteiger partial charge in [0.1, 0.15) is 5.82 Å². The van der Waals surface area contributed by atoms with E-state index in [9.17, 15) is 9.50 Å². The fourth-order valence-corrected chi connectivity index (χ4v) is 2.58. The van der Waals surface area contributed by atoms with Gasteiger partial charge < -0.3 is 10.4 Å². The Labute approximate surface area is 115 Å². The molecule has 1 aromatic carbocycles. The molecule has 1 aliphatic carbocycles. The molecular weight excluding hydrogens is 241 g/mol. The maximum atomic E-state index is 13.5. The van der Waals surface area contributed by atoms with Gasteiger partial charge in [-0.05, 0) is 54.9 Å². The van der Waals surface area contributed by atoms with Crippen LogP contribution in [-0.2, 0) is 6.54 Å². The molecule has 2 rings (SSSR count). The van der Waals surface area contributed by atoms with Crippen LogP contribution in [0.2, 0.25) is 0 Å². The first kappa shape index (κ1) is 14.5. The molecule has 3 heteroatoms. The van der Waals surface area contributed by atoms with Crippen LogP contribution in [0.1, 0.15) is 50.7 Å². The Bertz CT molecular complexity index is 411. The van der Waals surface area contributed by atoms with Gasteiger partial charge in [0.05, 0.1) is 6.10 Å². The van der Waals surface area contributed by atoms with Crippen molar-refractivity contribution >= 4 is 0 Å². The molecule has 1 aromatic rings. The molecular formula is C16H23FNO. The lowest BCUT2D eigenvalue weighted by Gasteiger charge is -2.26. The Hall–Kier alpha value is -0.930. The number of aliphatic hydroxyl groups excluding tert-OH is 1. The summed E-state index contributed by atoms with van der Waals surface area (Å²) in [7, 11) is 0. The van der Waals surface area contributed by atoms with Gasteiger partial charge in [-0.15, -0.1) is 0 Å². The van der Waals surface area contributed by atoms with Crippen LogP contribution >= 0.6 is 0 Å². The van der Waals surface area contributed by atoms with Gasteiger partial charge >= 0.3 is 0 Å². The molecule has 0 bridgehead atoms. The number of hydrogen-bond acceptors (Lipinski definition) is 2. The van der Waals surface area contributed by atoms with E-state index in [0.29, 0.717) is 12.6 Å². The number of nitrogens with one attached hydrogen (secondary N) is 1. The Kier molecular flexibility index (Phi) is 4.94. The second-order valence-corrected chi connectivity index (χ2v) is 5.73. The van der Waals surface area contributed by atoms with E-state index in [1.807, 2.05) is 19.9 Å². The summed E-state index contributed by atoms with van der Waals surface area (Å²) in [6.45, 7) is 4.68. The van der Waals surface area contributed by atoms with Crippen molar-refractivity contribution < 1.29 is 9.50 Å². The average molecular weight is 264 g/mol. The third-order valence-corrected chi connectivity index (χ3v) is 3.83. The van der Waals surface area contributed by atoms with Crippen molar-refractivity contribution in [2.24, 2.45) is 0 Å². The average Bonchev–Trinajstić information content (AvgIpc) is 2.37. The predicted molar refractivity (Wildman–Crippen MR) is 75.2 cm³/mol. The molecule has 0 heterocycles. The third kappa shape index (κ3) is 4.29. The standard InChI is InChI=1S/C16H23FNO/c1-11(2)13-7-12(8-14(17)9-13)10-18-15-3-5-16(19)6-4-15/h7-9,15-16,18-19H,3-6,10H2,1-2H3. The number of benzene rings is 1. The van der Waals surface area contributed by atoms with E-state index in [0.717, 1.165) is 42.7 Å². The largest absolute Gasteiger partial charge is 0.393 e. The first-order valence-corrected chi connectivity index (χ1v) is 7.06. The second-order valence-electron chi connectivity index (χ2n) is 5.73. The van der Waals surface area contributed by atoms with Gasteiger partial charge in [-0.2, -0.15) is 0 Å². The lowest BCUT2D eigenvalue weighted by atomic mass is 9.93. The van der Waals surface area contributed by atoms with Gasteiger partial charge in [0.25, 0.3) is 0 Å². The number of rotatable bonds is 4. The lowest BCUT2D eigenvalue weighted by molar-refractivity contribution is 0.116. The monoisotopic (exact) mass is 264 g/mol. The Morgan fingerprint density at radius 2 is 1.89 bits per heavy atom. The lowest BCUT2D eigenvalue weighted by Crippen LogP contribution is -2.34. The van der Waals surface area contributed by atoms with Gasteiger partial charge in [0.2, 0.25) is 0 Å². The molecule has 0 unspecified atom stereocenters. The summed E-state index contributed by atoms with van der Waals surface area (Å²) in [5, 5.41) is 12.9. The topological polar surface area (TPSA) is 32.3 Å². The molecule has 0 atom stereocenters. The van der Waals surface area contributed by atoms with Crippen LogP contribution in [0, 0.1) is 11.7 Å². The van der Waals surface area contributed by atoms with E-state index in [2.05, 4.69) is 5.32 Å². The highest BCUT2D eigenvalue weighted by Crippen LogP contribution is 2.20. The summed E-state index contributed by atoms with van der Waals surface area (Å²) >= 11 is 0. The molecule has 1 fully saturated rings. The third-order valence-electron chi connectivity index (χ3n) is 3.83. The molecule has 0 aliphatic heterocycles.